The molecule has 2 fully saturated rings. The van der Waals surface area contributed by atoms with Gasteiger partial charge in [-0.2, -0.15) is 0 Å². The molecule has 0 spiro atoms. The van der Waals surface area contributed by atoms with E-state index in [1.165, 1.54) is 23.9 Å². The number of hydrogen-bond acceptors (Lipinski definition) is 2. The standard InChI is InChI=1S/C20H32O2/c1-15(10-13-21)6-8-17-16(2)7-9-18-19(3,14-22)11-5-12-20(17,18)4/h10,14,17-18,21H,2,5-9,11-13H2,1,3-4H3/t17-,18+,19-,20-/m1/s1. The van der Waals surface area contributed by atoms with Crippen molar-refractivity contribution in [1.29, 1.82) is 0 Å². The van der Waals surface area contributed by atoms with Crippen molar-refractivity contribution in [2.45, 2.75) is 65.7 Å². The summed E-state index contributed by atoms with van der Waals surface area (Å²) in [4.78, 5) is 11.8. The monoisotopic (exact) mass is 304 g/mol. The lowest BCUT2D eigenvalue weighted by Gasteiger charge is -2.57. The molecule has 0 heterocycles. The molecule has 2 aliphatic rings. The van der Waals surface area contributed by atoms with Gasteiger partial charge >= 0.3 is 0 Å². The molecule has 4 atom stereocenters. The van der Waals surface area contributed by atoms with E-state index < -0.39 is 0 Å². The fraction of sp³-hybridized carbons (Fsp3) is 0.750. The molecular formula is C20H32O2. The Morgan fingerprint density at radius 3 is 2.77 bits per heavy atom. The Morgan fingerprint density at radius 2 is 2.14 bits per heavy atom. The van der Waals surface area contributed by atoms with Crippen molar-refractivity contribution in [3.05, 3.63) is 23.8 Å². The maximum absolute atomic E-state index is 11.8. The Bertz CT molecular complexity index is 464. The highest BCUT2D eigenvalue weighted by Gasteiger charge is 2.54. The molecule has 0 bridgehead atoms. The summed E-state index contributed by atoms with van der Waals surface area (Å²) in [5.41, 5.74) is 2.70. The summed E-state index contributed by atoms with van der Waals surface area (Å²) in [7, 11) is 0. The van der Waals surface area contributed by atoms with Crippen LogP contribution in [0.2, 0.25) is 0 Å². The summed E-state index contributed by atoms with van der Waals surface area (Å²) in [6, 6.07) is 0. The number of carbonyl (C=O) groups excluding carboxylic acids is 1. The summed E-state index contributed by atoms with van der Waals surface area (Å²) in [5.74, 6) is 0.997. The first-order valence-electron chi connectivity index (χ1n) is 8.78. The Hall–Kier alpha value is -0.890. The van der Waals surface area contributed by atoms with Gasteiger partial charge in [0.25, 0.3) is 0 Å². The molecule has 2 saturated carbocycles. The summed E-state index contributed by atoms with van der Waals surface area (Å²) in [6.07, 6.45) is 10.8. The van der Waals surface area contributed by atoms with E-state index >= 15 is 0 Å². The van der Waals surface area contributed by atoms with Gasteiger partial charge in [0.05, 0.1) is 6.61 Å². The summed E-state index contributed by atoms with van der Waals surface area (Å²) >= 11 is 0. The van der Waals surface area contributed by atoms with E-state index in [1.54, 1.807) is 0 Å². The van der Waals surface area contributed by atoms with E-state index in [-0.39, 0.29) is 17.4 Å². The van der Waals surface area contributed by atoms with Gasteiger partial charge in [-0.1, -0.05) is 44.1 Å². The summed E-state index contributed by atoms with van der Waals surface area (Å²) in [6.45, 7) is 11.2. The molecule has 2 heteroatoms. The minimum atomic E-state index is -0.151. The number of hydrogen-bond donors (Lipinski definition) is 1. The normalized spacial score (nSPS) is 39.5. The Labute approximate surface area is 135 Å². The molecule has 0 aromatic heterocycles. The van der Waals surface area contributed by atoms with Crippen LogP contribution < -0.4 is 0 Å². The van der Waals surface area contributed by atoms with Gasteiger partial charge in [-0.05, 0) is 62.7 Å². The average molecular weight is 304 g/mol. The average Bonchev–Trinajstić information content (AvgIpc) is 2.46. The molecule has 2 rings (SSSR count). The summed E-state index contributed by atoms with van der Waals surface area (Å²) in [5, 5.41) is 9.03. The zero-order valence-corrected chi connectivity index (χ0v) is 14.5. The number of carbonyl (C=O) groups is 1. The van der Waals surface area contributed by atoms with Crippen molar-refractivity contribution < 1.29 is 9.90 Å². The quantitative estimate of drug-likeness (QED) is 0.591. The van der Waals surface area contributed by atoms with E-state index in [0.717, 1.165) is 38.5 Å². The van der Waals surface area contributed by atoms with Gasteiger partial charge in [-0.25, -0.2) is 0 Å². The first-order valence-corrected chi connectivity index (χ1v) is 8.78. The van der Waals surface area contributed by atoms with Crippen LogP contribution in [0.5, 0.6) is 0 Å². The number of allylic oxidation sites excluding steroid dienone is 2. The Balaban J connectivity index is 2.22. The number of fused-ring (bicyclic) bond motifs is 1. The van der Waals surface area contributed by atoms with Gasteiger partial charge in [0.1, 0.15) is 6.29 Å². The van der Waals surface area contributed by atoms with Gasteiger partial charge in [0.15, 0.2) is 0 Å². The highest BCUT2D eigenvalue weighted by atomic mass is 16.2. The molecule has 0 aromatic carbocycles. The highest BCUT2D eigenvalue weighted by Crippen LogP contribution is 2.61. The molecule has 22 heavy (non-hydrogen) atoms. The highest BCUT2D eigenvalue weighted by molar-refractivity contribution is 5.60. The minimum absolute atomic E-state index is 0.126. The fourth-order valence-corrected chi connectivity index (χ4v) is 5.30. The molecule has 124 valence electrons. The largest absolute Gasteiger partial charge is 0.392 e. The summed E-state index contributed by atoms with van der Waals surface area (Å²) < 4.78 is 0. The Morgan fingerprint density at radius 1 is 1.41 bits per heavy atom. The first kappa shape index (κ1) is 17.5. The van der Waals surface area contributed by atoms with Crippen molar-refractivity contribution in [2.24, 2.45) is 22.7 Å². The van der Waals surface area contributed by atoms with E-state index in [9.17, 15) is 4.79 Å². The third-order valence-corrected chi connectivity index (χ3v) is 6.60. The number of aldehydes is 1. The van der Waals surface area contributed by atoms with Gasteiger partial charge in [-0.3, -0.25) is 0 Å². The van der Waals surface area contributed by atoms with Crippen LogP contribution in [0.4, 0.5) is 0 Å². The number of aliphatic hydroxyl groups excluding tert-OH is 1. The maximum Gasteiger partial charge on any atom is 0.126 e. The van der Waals surface area contributed by atoms with Crippen LogP contribution in [0.1, 0.15) is 65.7 Å². The lowest BCUT2D eigenvalue weighted by molar-refractivity contribution is -0.130. The van der Waals surface area contributed by atoms with Crippen molar-refractivity contribution in [1.82, 2.24) is 0 Å². The molecule has 1 N–H and O–H groups in total. The number of aliphatic hydroxyl groups is 1. The second-order valence-electron chi connectivity index (χ2n) is 8.06. The topological polar surface area (TPSA) is 37.3 Å². The fourth-order valence-electron chi connectivity index (χ4n) is 5.30. The third kappa shape index (κ3) is 3.08. The predicted octanol–water partition coefficient (Wildman–Crippen LogP) is 4.68. The zero-order valence-electron chi connectivity index (χ0n) is 14.5. The predicted molar refractivity (Wildman–Crippen MR) is 91.6 cm³/mol. The number of rotatable bonds is 5. The van der Waals surface area contributed by atoms with E-state index in [1.807, 2.05) is 6.08 Å². The SMILES string of the molecule is C=C1CC[C@@H]2[C@](C)(CCC[C@]2(C)C=O)[C@@H]1CCC(C)=CCO. The molecule has 0 aromatic rings. The van der Waals surface area contributed by atoms with Crippen molar-refractivity contribution in [2.75, 3.05) is 6.61 Å². The molecular weight excluding hydrogens is 272 g/mol. The van der Waals surface area contributed by atoms with Crippen LogP contribution in [0.25, 0.3) is 0 Å². The molecule has 0 amide bonds. The maximum atomic E-state index is 11.8. The van der Waals surface area contributed by atoms with Crippen molar-refractivity contribution in [3.8, 4) is 0 Å². The molecule has 2 nitrogen and oxygen atoms in total. The van der Waals surface area contributed by atoms with Crippen LogP contribution in [0.15, 0.2) is 23.8 Å². The van der Waals surface area contributed by atoms with Gasteiger partial charge < -0.3 is 9.90 Å². The molecule has 0 saturated heterocycles. The van der Waals surface area contributed by atoms with Gasteiger partial charge in [0.2, 0.25) is 0 Å². The van der Waals surface area contributed by atoms with Crippen LogP contribution in [-0.4, -0.2) is 18.0 Å². The smallest absolute Gasteiger partial charge is 0.126 e. The second-order valence-corrected chi connectivity index (χ2v) is 8.06. The molecule has 0 radical (unpaired) electrons. The van der Waals surface area contributed by atoms with E-state index in [4.69, 9.17) is 5.11 Å². The van der Waals surface area contributed by atoms with Crippen LogP contribution >= 0.6 is 0 Å². The van der Waals surface area contributed by atoms with Gasteiger partial charge in [-0.15, -0.1) is 0 Å². The second kappa shape index (κ2) is 6.70. The van der Waals surface area contributed by atoms with Crippen LogP contribution in [0.3, 0.4) is 0 Å². The molecule has 0 unspecified atom stereocenters. The lowest BCUT2D eigenvalue weighted by atomic mass is 9.47. The zero-order chi connectivity index (χ0) is 16.4. The lowest BCUT2D eigenvalue weighted by Crippen LogP contribution is -2.51. The minimum Gasteiger partial charge on any atom is -0.392 e. The Kier molecular flexibility index (Phi) is 5.32. The van der Waals surface area contributed by atoms with E-state index in [2.05, 4.69) is 27.4 Å². The first-order chi connectivity index (χ1) is 10.4. The third-order valence-electron chi connectivity index (χ3n) is 6.60. The van der Waals surface area contributed by atoms with Crippen molar-refractivity contribution in [3.63, 3.8) is 0 Å². The van der Waals surface area contributed by atoms with Crippen LogP contribution in [0, 0.1) is 22.7 Å². The van der Waals surface area contributed by atoms with Gasteiger partial charge in [0, 0.05) is 5.41 Å². The van der Waals surface area contributed by atoms with Crippen molar-refractivity contribution >= 4 is 6.29 Å². The van der Waals surface area contributed by atoms with Crippen LogP contribution in [-0.2, 0) is 4.79 Å². The molecule has 2 aliphatic carbocycles. The van der Waals surface area contributed by atoms with E-state index in [0.29, 0.717) is 11.8 Å². The molecule has 0 aliphatic heterocycles.